The lowest BCUT2D eigenvalue weighted by Crippen LogP contribution is -2.49. The van der Waals surface area contributed by atoms with Gasteiger partial charge in [-0.3, -0.25) is 19.3 Å². The Bertz CT molecular complexity index is 772. The summed E-state index contributed by atoms with van der Waals surface area (Å²) >= 11 is 0. The fraction of sp³-hybridized carbons (Fsp3) is 0.500. The number of carbonyl (C=O) groups is 4. The second kappa shape index (κ2) is 9.34. The van der Waals surface area contributed by atoms with Crippen molar-refractivity contribution in [2.75, 3.05) is 18.1 Å². The topological polar surface area (TPSA) is 99.2 Å². The number of hydrogen-bond acceptors (Lipinski definition) is 7. The lowest BCUT2D eigenvalue weighted by Gasteiger charge is -2.33. The van der Waals surface area contributed by atoms with Gasteiger partial charge in [-0.1, -0.05) is 0 Å². The van der Waals surface area contributed by atoms with Gasteiger partial charge in [-0.15, -0.1) is 0 Å². The van der Waals surface area contributed by atoms with Gasteiger partial charge in [-0.2, -0.15) is 0 Å². The quantitative estimate of drug-likeness (QED) is 0.495. The van der Waals surface area contributed by atoms with E-state index < -0.39 is 23.9 Å². The molecular formula is C20H25NO7. The van der Waals surface area contributed by atoms with Crippen LogP contribution in [-0.4, -0.2) is 49.0 Å². The Morgan fingerprint density at radius 3 is 2.54 bits per heavy atom. The molecule has 1 aliphatic rings. The van der Waals surface area contributed by atoms with Gasteiger partial charge in [0.1, 0.15) is 11.8 Å². The van der Waals surface area contributed by atoms with Crippen molar-refractivity contribution >= 4 is 29.3 Å². The maximum Gasteiger partial charge on any atom is 0.329 e. The first-order valence-corrected chi connectivity index (χ1v) is 9.22. The summed E-state index contributed by atoms with van der Waals surface area (Å²) < 4.78 is 15.4. The van der Waals surface area contributed by atoms with Crippen LogP contribution in [0.2, 0.25) is 0 Å². The first-order chi connectivity index (χ1) is 13.2. The molecule has 1 aromatic rings. The highest BCUT2D eigenvalue weighted by molar-refractivity contribution is 6.05. The number of benzene rings is 1. The van der Waals surface area contributed by atoms with Crippen LogP contribution in [0.15, 0.2) is 18.2 Å². The predicted molar refractivity (Wildman–Crippen MR) is 100 cm³/mol. The third-order valence-corrected chi connectivity index (χ3v) is 4.10. The summed E-state index contributed by atoms with van der Waals surface area (Å²) in [7, 11) is 0. The van der Waals surface area contributed by atoms with E-state index in [1.54, 1.807) is 39.8 Å². The molecule has 1 amide bonds. The van der Waals surface area contributed by atoms with Gasteiger partial charge in [0.25, 0.3) is 5.91 Å². The molecule has 1 aliphatic heterocycles. The molecule has 1 unspecified atom stereocenters. The number of fused-ring (bicyclic) bond motifs is 1. The first kappa shape index (κ1) is 21.4. The van der Waals surface area contributed by atoms with Crippen LogP contribution in [0.1, 0.15) is 50.9 Å². The zero-order valence-corrected chi connectivity index (χ0v) is 16.5. The largest absolute Gasteiger partial charge is 0.482 e. The lowest BCUT2D eigenvalue weighted by atomic mass is 10.0. The standard InChI is InChI=1S/C20H25NO7/c1-5-26-19(24)9-7-16(22)14-6-8-17-15(10-14)21(18(23)11-27-17)13(4)20(25)28-12(2)3/h6,8,10,12-13H,5,7,9,11H2,1-4H3. The number of esters is 2. The van der Waals surface area contributed by atoms with Crippen LogP contribution in [0, 0.1) is 0 Å². The van der Waals surface area contributed by atoms with E-state index in [0.717, 1.165) is 0 Å². The number of hydrogen-bond donors (Lipinski definition) is 0. The number of rotatable bonds is 8. The summed E-state index contributed by atoms with van der Waals surface area (Å²) in [6.07, 6.45) is -0.362. The van der Waals surface area contributed by atoms with Crippen LogP contribution in [0.25, 0.3) is 0 Å². The predicted octanol–water partition coefficient (Wildman–Crippen LogP) is 2.28. The highest BCUT2D eigenvalue weighted by Crippen LogP contribution is 2.35. The van der Waals surface area contributed by atoms with Gasteiger partial charge in [-0.05, 0) is 45.9 Å². The van der Waals surface area contributed by atoms with E-state index in [2.05, 4.69) is 0 Å². The fourth-order valence-corrected chi connectivity index (χ4v) is 2.80. The lowest BCUT2D eigenvalue weighted by molar-refractivity contribution is -0.149. The van der Waals surface area contributed by atoms with Crippen molar-refractivity contribution in [1.82, 2.24) is 0 Å². The number of amides is 1. The minimum absolute atomic E-state index is 0.0165. The summed E-state index contributed by atoms with van der Waals surface area (Å²) in [5.41, 5.74) is 0.641. The van der Waals surface area contributed by atoms with Gasteiger partial charge in [0.05, 0.1) is 24.8 Å². The molecule has 0 aromatic heterocycles. The molecule has 1 aromatic carbocycles. The molecule has 0 saturated heterocycles. The van der Waals surface area contributed by atoms with Crippen molar-refractivity contribution in [2.24, 2.45) is 0 Å². The van der Waals surface area contributed by atoms with Crippen LogP contribution in [0.3, 0.4) is 0 Å². The van der Waals surface area contributed by atoms with E-state index in [4.69, 9.17) is 14.2 Å². The Labute approximate surface area is 163 Å². The summed E-state index contributed by atoms with van der Waals surface area (Å²) in [6.45, 7) is 6.75. The Morgan fingerprint density at radius 2 is 1.89 bits per heavy atom. The maximum atomic E-state index is 12.4. The third kappa shape index (κ3) is 5.09. The molecule has 28 heavy (non-hydrogen) atoms. The van der Waals surface area contributed by atoms with E-state index in [1.165, 1.54) is 11.0 Å². The average molecular weight is 391 g/mol. The van der Waals surface area contributed by atoms with Gasteiger partial charge >= 0.3 is 11.9 Å². The smallest absolute Gasteiger partial charge is 0.329 e. The van der Waals surface area contributed by atoms with Crippen molar-refractivity contribution in [1.29, 1.82) is 0 Å². The van der Waals surface area contributed by atoms with Crippen LogP contribution < -0.4 is 9.64 Å². The summed E-state index contributed by atoms with van der Waals surface area (Å²) in [6, 6.07) is 3.77. The minimum atomic E-state index is -0.873. The van der Waals surface area contributed by atoms with Gasteiger partial charge in [-0.25, -0.2) is 4.79 Å². The molecule has 152 valence electrons. The van der Waals surface area contributed by atoms with Crippen LogP contribution in [0.5, 0.6) is 5.75 Å². The van der Waals surface area contributed by atoms with Crippen molar-refractivity contribution in [3.8, 4) is 5.75 Å². The van der Waals surface area contributed by atoms with E-state index >= 15 is 0 Å². The third-order valence-electron chi connectivity index (χ3n) is 4.10. The van der Waals surface area contributed by atoms with Gasteiger partial charge in [0.2, 0.25) is 0 Å². The van der Waals surface area contributed by atoms with Gasteiger partial charge in [0, 0.05) is 12.0 Å². The molecule has 0 bridgehead atoms. The molecule has 0 N–H and O–H groups in total. The molecule has 8 nitrogen and oxygen atoms in total. The Balaban J connectivity index is 2.24. The molecule has 0 fully saturated rings. The summed E-state index contributed by atoms with van der Waals surface area (Å²) in [5, 5.41) is 0. The SMILES string of the molecule is CCOC(=O)CCC(=O)c1ccc2c(c1)N(C(C)C(=O)OC(C)C)C(=O)CO2. The van der Waals surface area contributed by atoms with Gasteiger partial charge in [0.15, 0.2) is 12.4 Å². The van der Waals surface area contributed by atoms with E-state index in [-0.39, 0.29) is 37.9 Å². The molecule has 0 saturated carbocycles. The number of ether oxygens (including phenoxy) is 3. The second-order valence-corrected chi connectivity index (χ2v) is 6.62. The van der Waals surface area contributed by atoms with Crippen molar-refractivity contribution in [3.05, 3.63) is 23.8 Å². The van der Waals surface area contributed by atoms with E-state index in [9.17, 15) is 19.2 Å². The monoisotopic (exact) mass is 391 g/mol. The number of Topliss-reactive ketones (excluding diaryl/α,β-unsaturated/α-hetero) is 1. The van der Waals surface area contributed by atoms with Crippen molar-refractivity contribution in [3.63, 3.8) is 0 Å². The number of nitrogens with zero attached hydrogens (tertiary/aromatic N) is 1. The minimum Gasteiger partial charge on any atom is -0.482 e. The van der Waals surface area contributed by atoms with Crippen molar-refractivity contribution in [2.45, 2.75) is 52.7 Å². The number of carbonyl (C=O) groups excluding carboxylic acids is 4. The van der Waals surface area contributed by atoms with Crippen molar-refractivity contribution < 1.29 is 33.4 Å². The molecular weight excluding hydrogens is 366 g/mol. The number of anilines is 1. The highest BCUT2D eigenvalue weighted by atomic mass is 16.5. The van der Waals surface area contributed by atoms with E-state index in [1.807, 2.05) is 0 Å². The zero-order chi connectivity index (χ0) is 20.8. The fourth-order valence-electron chi connectivity index (χ4n) is 2.80. The summed E-state index contributed by atoms with van der Waals surface area (Å²) in [5.74, 6) is -1.27. The molecule has 1 atom stereocenters. The summed E-state index contributed by atoms with van der Waals surface area (Å²) in [4.78, 5) is 49.9. The molecule has 1 heterocycles. The van der Waals surface area contributed by atoms with Crippen LogP contribution in [-0.2, 0) is 23.9 Å². The zero-order valence-electron chi connectivity index (χ0n) is 16.5. The molecule has 8 heteroatoms. The normalized spacial score (nSPS) is 14.2. The Morgan fingerprint density at radius 1 is 1.18 bits per heavy atom. The number of ketones is 1. The van der Waals surface area contributed by atoms with E-state index in [0.29, 0.717) is 17.0 Å². The Hall–Kier alpha value is -2.90. The Kier molecular flexibility index (Phi) is 7.14. The highest BCUT2D eigenvalue weighted by Gasteiger charge is 2.34. The first-order valence-electron chi connectivity index (χ1n) is 9.22. The molecule has 2 rings (SSSR count). The molecule has 0 aliphatic carbocycles. The molecule has 0 radical (unpaired) electrons. The van der Waals surface area contributed by atoms with Crippen LogP contribution >= 0.6 is 0 Å². The second-order valence-electron chi connectivity index (χ2n) is 6.62. The average Bonchev–Trinajstić information content (AvgIpc) is 2.64. The van der Waals surface area contributed by atoms with Gasteiger partial charge < -0.3 is 14.2 Å². The maximum absolute atomic E-state index is 12.4. The van der Waals surface area contributed by atoms with Crippen LogP contribution in [0.4, 0.5) is 5.69 Å². The molecule has 0 spiro atoms.